The molecule has 1 heterocycles. The molecule has 1 N–H and O–H groups in total. The number of carbonyl (C=O) groups excluding carboxylic acids is 1. The third-order valence-corrected chi connectivity index (χ3v) is 5.03. The number of anilines is 1. The van der Waals surface area contributed by atoms with E-state index in [4.69, 9.17) is 0 Å². The van der Waals surface area contributed by atoms with Crippen LogP contribution in [0.1, 0.15) is 31.2 Å². The highest BCUT2D eigenvalue weighted by atomic mass is 16.2. The number of carbonyl (C=O) groups is 1. The number of hydrogen-bond donors (Lipinski definition) is 1. The van der Waals surface area contributed by atoms with Gasteiger partial charge in [0, 0.05) is 37.9 Å². The molecule has 4 nitrogen and oxygen atoms in total. The molecular formula is C18H27N3O. The molecule has 1 saturated carbocycles. The summed E-state index contributed by atoms with van der Waals surface area (Å²) >= 11 is 0. The smallest absolute Gasteiger partial charge is 0.238 e. The third kappa shape index (κ3) is 3.87. The summed E-state index contributed by atoms with van der Waals surface area (Å²) in [5.74, 6) is 0.101. The van der Waals surface area contributed by atoms with Gasteiger partial charge in [0.2, 0.25) is 5.91 Å². The Bertz CT molecular complexity index is 503. The van der Waals surface area contributed by atoms with Crippen LogP contribution in [0.3, 0.4) is 0 Å². The fourth-order valence-corrected chi connectivity index (χ4v) is 3.66. The van der Waals surface area contributed by atoms with E-state index < -0.39 is 0 Å². The predicted molar refractivity (Wildman–Crippen MR) is 90.1 cm³/mol. The minimum Gasteiger partial charge on any atom is -0.325 e. The molecule has 4 heteroatoms. The van der Waals surface area contributed by atoms with Crippen LogP contribution < -0.4 is 5.32 Å². The summed E-state index contributed by atoms with van der Waals surface area (Å²) in [4.78, 5) is 17.1. The summed E-state index contributed by atoms with van der Waals surface area (Å²) in [6.45, 7) is 6.78. The van der Waals surface area contributed by atoms with Crippen molar-refractivity contribution >= 4 is 11.6 Å². The molecule has 0 bridgehead atoms. The predicted octanol–water partition coefficient (Wildman–Crippen LogP) is 2.49. The van der Waals surface area contributed by atoms with Gasteiger partial charge in [0.1, 0.15) is 0 Å². The van der Waals surface area contributed by atoms with E-state index >= 15 is 0 Å². The van der Waals surface area contributed by atoms with Crippen molar-refractivity contribution in [2.45, 2.75) is 38.6 Å². The van der Waals surface area contributed by atoms with Gasteiger partial charge in [-0.2, -0.15) is 0 Å². The molecule has 1 saturated heterocycles. The first-order valence-electron chi connectivity index (χ1n) is 8.54. The van der Waals surface area contributed by atoms with E-state index in [1.54, 1.807) is 0 Å². The fraction of sp³-hybridized carbons (Fsp3) is 0.611. The van der Waals surface area contributed by atoms with E-state index in [9.17, 15) is 4.79 Å². The first-order chi connectivity index (χ1) is 10.7. The maximum atomic E-state index is 12.2. The van der Waals surface area contributed by atoms with Crippen LogP contribution >= 0.6 is 0 Å². The Labute approximate surface area is 133 Å². The SMILES string of the molecule is Cc1ccccc1NC(=O)CN1CCN(C2CCCC2)CC1. The highest BCUT2D eigenvalue weighted by Gasteiger charge is 2.26. The van der Waals surface area contributed by atoms with Gasteiger partial charge in [-0.3, -0.25) is 14.6 Å². The van der Waals surface area contributed by atoms with Crippen LogP contribution in [-0.4, -0.2) is 54.5 Å². The highest BCUT2D eigenvalue weighted by molar-refractivity contribution is 5.92. The topological polar surface area (TPSA) is 35.6 Å². The summed E-state index contributed by atoms with van der Waals surface area (Å²) in [5, 5.41) is 3.03. The van der Waals surface area contributed by atoms with Gasteiger partial charge in [0.15, 0.2) is 0 Å². The molecule has 0 atom stereocenters. The van der Waals surface area contributed by atoms with Crippen molar-refractivity contribution in [2.24, 2.45) is 0 Å². The van der Waals surface area contributed by atoms with E-state index in [1.165, 1.54) is 25.7 Å². The van der Waals surface area contributed by atoms with Gasteiger partial charge in [0.25, 0.3) is 0 Å². The monoisotopic (exact) mass is 301 g/mol. The maximum Gasteiger partial charge on any atom is 0.238 e. The van der Waals surface area contributed by atoms with Crippen molar-refractivity contribution in [3.63, 3.8) is 0 Å². The second-order valence-electron chi connectivity index (χ2n) is 6.61. The van der Waals surface area contributed by atoms with Gasteiger partial charge in [-0.1, -0.05) is 31.0 Å². The molecule has 2 aliphatic rings. The number of nitrogens with one attached hydrogen (secondary N) is 1. The van der Waals surface area contributed by atoms with Crippen molar-refractivity contribution in [2.75, 3.05) is 38.0 Å². The van der Waals surface area contributed by atoms with Crippen LogP contribution in [0.4, 0.5) is 5.69 Å². The normalized spacial score (nSPS) is 21.1. The quantitative estimate of drug-likeness (QED) is 0.928. The minimum atomic E-state index is 0.101. The second-order valence-corrected chi connectivity index (χ2v) is 6.61. The van der Waals surface area contributed by atoms with E-state index in [0.29, 0.717) is 6.54 Å². The molecule has 0 radical (unpaired) electrons. The Morgan fingerprint density at radius 2 is 1.82 bits per heavy atom. The number of hydrogen-bond acceptors (Lipinski definition) is 3. The van der Waals surface area contributed by atoms with Crippen LogP contribution in [0.2, 0.25) is 0 Å². The lowest BCUT2D eigenvalue weighted by Crippen LogP contribution is -2.51. The Kier molecular flexibility index (Phi) is 5.11. The zero-order valence-corrected chi connectivity index (χ0v) is 13.6. The van der Waals surface area contributed by atoms with Crippen molar-refractivity contribution in [1.82, 2.24) is 9.80 Å². The lowest BCUT2D eigenvalue weighted by molar-refractivity contribution is -0.117. The van der Waals surface area contributed by atoms with Gasteiger partial charge >= 0.3 is 0 Å². The standard InChI is InChI=1S/C18H27N3O/c1-15-6-2-5-9-17(15)19-18(22)14-20-10-12-21(13-11-20)16-7-3-4-8-16/h2,5-6,9,16H,3-4,7-8,10-14H2,1H3,(H,19,22). The fourth-order valence-electron chi connectivity index (χ4n) is 3.66. The number of piperazine rings is 1. The second kappa shape index (κ2) is 7.25. The Hall–Kier alpha value is -1.39. The van der Waals surface area contributed by atoms with E-state index in [-0.39, 0.29) is 5.91 Å². The van der Waals surface area contributed by atoms with Crippen molar-refractivity contribution in [1.29, 1.82) is 0 Å². The Morgan fingerprint density at radius 1 is 1.14 bits per heavy atom. The van der Waals surface area contributed by atoms with Crippen LogP contribution in [0.25, 0.3) is 0 Å². The highest BCUT2D eigenvalue weighted by Crippen LogP contribution is 2.24. The lowest BCUT2D eigenvalue weighted by atomic mass is 10.2. The zero-order valence-electron chi connectivity index (χ0n) is 13.6. The van der Waals surface area contributed by atoms with Crippen LogP contribution in [0.15, 0.2) is 24.3 Å². The molecule has 1 aliphatic carbocycles. The Balaban J connectivity index is 1.44. The van der Waals surface area contributed by atoms with Crippen LogP contribution in [-0.2, 0) is 4.79 Å². The molecule has 2 fully saturated rings. The van der Waals surface area contributed by atoms with Gasteiger partial charge in [-0.05, 0) is 31.4 Å². The van der Waals surface area contributed by atoms with Gasteiger partial charge in [-0.15, -0.1) is 0 Å². The molecule has 1 aromatic rings. The number of nitrogens with zero attached hydrogens (tertiary/aromatic N) is 2. The summed E-state index contributed by atoms with van der Waals surface area (Å²) in [7, 11) is 0. The van der Waals surface area contributed by atoms with Gasteiger partial charge < -0.3 is 5.32 Å². The summed E-state index contributed by atoms with van der Waals surface area (Å²) in [6.07, 6.45) is 5.52. The molecule has 3 rings (SSSR count). The number of rotatable bonds is 4. The first kappa shape index (κ1) is 15.5. The molecule has 1 aliphatic heterocycles. The largest absolute Gasteiger partial charge is 0.325 e. The molecule has 22 heavy (non-hydrogen) atoms. The average Bonchev–Trinajstić information content (AvgIpc) is 3.05. The van der Waals surface area contributed by atoms with Gasteiger partial charge in [-0.25, -0.2) is 0 Å². The average molecular weight is 301 g/mol. The molecule has 0 aromatic heterocycles. The molecule has 1 amide bonds. The number of benzene rings is 1. The molecule has 1 aromatic carbocycles. The maximum absolute atomic E-state index is 12.2. The summed E-state index contributed by atoms with van der Waals surface area (Å²) < 4.78 is 0. The Morgan fingerprint density at radius 3 is 2.50 bits per heavy atom. The van der Waals surface area contributed by atoms with E-state index in [1.807, 2.05) is 31.2 Å². The summed E-state index contributed by atoms with van der Waals surface area (Å²) in [6, 6.07) is 8.75. The molecule has 0 spiro atoms. The first-order valence-corrected chi connectivity index (χ1v) is 8.54. The molecule has 0 unspecified atom stereocenters. The number of para-hydroxylation sites is 1. The molecular weight excluding hydrogens is 274 g/mol. The van der Waals surface area contributed by atoms with Crippen LogP contribution in [0.5, 0.6) is 0 Å². The van der Waals surface area contributed by atoms with E-state index in [2.05, 4.69) is 15.1 Å². The number of amides is 1. The van der Waals surface area contributed by atoms with Crippen molar-refractivity contribution in [3.8, 4) is 0 Å². The minimum absolute atomic E-state index is 0.101. The van der Waals surface area contributed by atoms with Crippen molar-refractivity contribution < 1.29 is 4.79 Å². The zero-order chi connectivity index (χ0) is 15.4. The molecule has 120 valence electrons. The van der Waals surface area contributed by atoms with Gasteiger partial charge in [0.05, 0.1) is 6.54 Å². The lowest BCUT2D eigenvalue weighted by Gasteiger charge is -2.37. The van der Waals surface area contributed by atoms with Crippen LogP contribution in [0, 0.1) is 6.92 Å². The third-order valence-electron chi connectivity index (χ3n) is 5.03. The number of aryl methyl sites for hydroxylation is 1. The van der Waals surface area contributed by atoms with E-state index in [0.717, 1.165) is 43.5 Å². The summed E-state index contributed by atoms with van der Waals surface area (Å²) in [5.41, 5.74) is 2.04. The van der Waals surface area contributed by atoms with Crippen molar-refractivity contribution in [3.05, 3.63) is 29.8 Å².